The lowest BCUT2D eigenvalue weighted by Crippen LogP contribution is -2.24. The maximum Gasteiger partial charge on any atom is 0.256 e. The highest BCUT2D eigenvalue weighted by atomic mass is 16.5. The third-order valence-electron chi connectivity index (χ3n) is 3.66. The molecule has 2 aromatic rings. The van der Waals surface area contributed by atoms with E-state index in [0.29, 0.717) is 5.56 Å². The van der Waals surface area contributed by atoms with Gasteiger partial charge in [0.1, 0.15) is 5.75 Å². The Kier molecular flexibility index (Phi) is 3.32. The van der Waals surface area contributed by atoms with Crippen molar-refractivity contribution in [3.63, 3.8) is 0 Å². The first kappa shape index (κ1) is 12.9. The molecule has 0 saturated heterocycles. The fraction of sp³-hybridized carbons (Fsp3) is 0.312. The highest BCUT2D eigenvalue weighted by Crippen LogP contribution is 2.39. The van der Waals surface area contributed by atoms with E-state index in [-0.39, 0.29) is 18.2 Å². The molecule has 4 nitrogen and oxygen atoms in total. The second kappa shape index (κ2) is 5.13. The Labute approximate surface area is 117 Å². The largest absolute Gasteiger partial charge is 0.496 e. The Hall–Kier alpha value is -2.07. The molecule has 0 amide bonds. The van der Waals surface area contributed by atoms with Gasteiger partial charge >= 0.3 is 0 Å². The zero-order chi connectivity index (χ0) is 14.1. The number of nitrogens with zero attached hydrogens (tertiary/aromatic N) is 1. The van der Waals surface area contributed by atoms with Gasteiger partial charge in [-0.3, -0.25) is 4.79 Å². The number of methoxy groups -OCH3 is 1. The van der Waals surface area contributed by atoms with E-state index in [9.17, 15) is 9.90 Å². The summed E-state index contributed by atoms with van der Waals surface area (Å²) in [6.45, 7) is -0.224. The summed E-state index contributed by atoms with van der Waals surface area (Å²) in [6.07, 6.45) is 2.02. The average molecular weight is 271 g/mol. The normalized spacial score (nSPS) is 14.3. The van der Waals surface area contributed by atoms with Crippen molar-refractivity contribution in [3.05, 3.63) is 52.3 Å². The van der Waals surface area contributed by atoms with E-state index in [2.05, 4.69) is 0 Å². The summed E-state index contributed by atoms with van der Waals surface area (Å²) in [5.74, 6) is 0.748. The summed E-state index contributed by atoms with van der Waals surface area (Å²) in [7, 11) is 1.63. The van der Waals surface area contributed by atoms with Crippen molar-refractivity contribution in [2.24, 2.45) is 0 Å². The highest BCUT2D eigenvalue weighted by Gasteiger charge is 2.28. The zero-order valence-corrected chi connectivity index (χ0v) is 11.4. The number of rotatable bonds is 4. The Morgan fingerprint density at radius 2 is 2.00 bits per heavy atom. The summed E-state index contributed by atoms with van der Waals surface area (Å²) in [5, 5.41) is 9.27. The molecule has 0 radical (unpaired) electrons. The van der Waals surface area contributed by atoms with Gasteiger partial charge in [-0.15, -0.1) is 0 Å². The molecule has 104 valence electrons. The second-order valence-electron chi connectivity index (χ2n) is 5.01. The first-order valence-electron chi connectivity index (χ1n) is 6.75. The number of benzene rings is 1. The number of pyridine rings is 1. The SMILES string of the molecule is COc1ccccc1-c1ccc(CO)c(=O)n1C1CC1. The molecule has 0 spiro atoms. The zero-order valence-electron chi connectivity index (χ0n) is 11.4. The lowest BCUT2D eigenvalue weighted by Gasteiger charge is -2.16. The highest BCUT2D eigenvalue weighted by molar-refractivity contribution is 5.68. The summed E-state index contributed by atoms with van der Waals surface area (Å²) >= 11 is 0. The molecule has 1 N–H and O–H groups in total. The van der Waals surface area contributed by atoms with Gasteiger partial charge in [0.2, 0.25) is 0 Å². The molecule has 0 unspecified atom stereocenters. The van der Waals surface area contributed by atoms with Crippen molar-refractivity contribution in [1.82, 2.24) is 4.57 Å². The Morgan fingerprint density at radius 1 is 1.25 bits per heavy atom. The minimum Gasteiger partial charge on any atom is -0.496 e. The van der Waals surface area contributed by atoms with Gasteiger partial charge in [0.25, 0.3) is 5.56 Å². The molecular formula is C16H17NO3. The Bertz CT molecular complexity index is 686. The molecule has 0 aliphatic heterocycles. The molecule has 4 heteroatoms. The van der Waals surface area contributed by atoms with E-state index < -0.39 is 0 Å². The second-order valence-corrected chi connectivity index (χ2v) is 5.01. The fourth-order valence-electron chi connectivity index (χ4n) is 2.49. The topological polar surface area (TPSA) is 51.5 Å². The van der Waals surface area contributed by atoms with Gasteiger partial charge in [0, 0.05) is 17.2 Å². The van der Waals surface area contributed by atoms with Gasteiger partial charge < -0.3 is 14.4 Å². The van der Waals surface area contributed by atoms with E-state index in [1.807, 2.05) is 30.3 Å². The molecule has 0 atom stereocenters. The summed E-state index contributed by atoms with van der Waals surface area (Å²) < 4.78 is 7.18. The molecule has 3 rings (SSSR count). The molecule has 20 heavy (non-hydrogen) atoms. The predicted molar refractivity (Wildman–Crippen MR) is 76.9 cm³/mol. The van der Waals surface area contributed by atoms with Crippen molar-refractivity contribution in [1.29, 1.82) is 0 Å². The van der Waals surface area contributed by atoms with Crippen molar-refractivity contribution in [3.8, 4) is 17.0 Å². The maximum absolute atomic E-state index is 12.4. The van der Waals surface area contributed by atoms with Crippen molar-refractivity contribution >= 4 is 0 Å². The minimum atomic E-state index is -0.224. The molecule has 0 bridgehead atoms. The smallest absolute Gasteiger partial charge is 0.256 e. The van der Waals surface area contributed by atoms with Gasteiger partial charge in [-0.05, 0) is 37.1 Å². The first-order valence-corrected chi connectivity index (χ1v) is 6.75. The quantitative estimate of drug-likeness (QED) is 0.928. The molecule has 1 heterocycles. The molecule has 1 aliphatic carbocycles. The third-order valence-corrected chi connectivity index (χ3v) is 3.66. The maximum atomic E-state index is 12.4. The molecule has 1 fully saturated rings. The first-order chi connectivity index (χ1) is 9.76. The van der Waals surface area contributed by atoms with Crippen LogP contribution in [0.15, 0.2) is 41.2 Å². The number of hydrogen-bond acceptors (Lipinski definition) is 3. The Balaban J connectivity index is 2.23. The van der Waals surface area contributed by atoms with E-state index in [1.54, 1.807) is 17.7 Å². The molecular weight excluding hydrogens is 254 g/mol. The number of aliphatic hydroxyl groups excluding tert-OH is 1. The summed E-state index contributed by atoms with van der Waals surface area (Å²) in [6, 6.07) is 11.5. The van der Waals surface area contributed by atoms with E-state index in [4.69, 9.17) is 4.74 Å². The van der Waals surface area contributed by atoms with Crippen LogP contribution >= 0.6 is 0 Å². The summed E-state index contributed by atoms with van der Waals surface area (Å²) in [5.41, 5.74) is 2.10. The van der Waals surface area contributed by atoms with Crippen LogP contribution in [0.3, 0.4) is 0 Å². The number of hydrogen-bond donors (Lipinski definition) is 1. The molecule has 1 aromatic carbocycles. The molecule has 1 saturated carbocycles. The lowest BCUT2D eigenvalue weighted by atomic mass is 10.1. The van der Waals surface area contributed by atoms with Crippen molar-refractivity contribution in [2.75, 3.05) is 7.11 Å². The summed E-state index contributed by atoms with van der Waals surface area (Å²) in [4.78, 5) is 12.4. The van der Waals surface area contributed by atoms with Crippen LogP contribution in [0.1, 0.15) is 24.4 Å². The van der Waals surface area contributed by atoms with E-state index in [0.717, 1.165) is 29.8 Å². The minimum absolute atomic E-state index is 0.0987. The van der Waals surface area contributed by atoms with Crippen LogP contribution in [0.4, 0.5) is 0 Å². The van der Waals surface area contributed by atoms with Crippen LogP contribution in [0.25, 0.3) is 11.3 Å². The van der Waals surface area contributed by atoms with Crippen LogP contribution < -0.4 is 10.3 Å². The fourth-order valence-corrected chi connectivity index (χ4v) is 2.49. The molecule has 1 aliphatic rings. The standard InChI is InChI=1S/C16H17NO3/c1-20-15-5-3-2-4-13(15)14-9-6-11(10-18)16(19)17(14)12-7-8-12/h2-6,9,12,18H,7-8,10H2,1H3. The Morgan fingerprint density at radius 3 is 2.65 bits per heavy atom. The van der Waals surface area contributed by atoms with Gasteiger partial charge in [-0.2, -0.15) is 0 Å². The third kappa shape index (κ3) is 2.12. The average Bonchev–Trinajstić information content (AvgIpc) is 3.31. The van der Waals surface area contributed by atoms with Gasteiger partial charge in [0.15, 0.2) is 0 Å². The van der Waals surface area contributed by atoms with Gasteiger partial charge in [-0.1, -0.05) is 12.1 Å². The van der Waals surface area contributed by atoms with Gasteiger partial charge in [0.05, 0.1) is 19.4 Å². The number of para-hydroxylation sites is 1. The lowest BCUT2D eigenvalue weighted by molar-refractivity contribution is 0.279. The predicted octanol–water partition coefficient (Wildman–Crippen LogP) is 2.35. The van der Waals surface area contributed by atoms with Crippen LogP contribution in [-0.2, 0) is 6.61 Å². The van der Waals surface area contributed by atoms with E-state index >= 15 is 0 Å². The van der Waals surface area contributed by atoms with Crippen molar-refractivity contribution < 1.29 is 9.84 Å². The van der Waals surface area contributed by atoms with E-state index in [1.165, 1.54) is 0 Å². The molecule has 1 aromatic heterocycles. The monoisotopic (exact) mass is 271 g/mol. The van der Waals surface area contributed by atoms with Crippen molar-refractivity contribution in [2.45, 2.75) is 25.5 Å². The number of aliphatic hydroxyl groups is 1. The van der Waals surface area contributed by atoms with Gasteiger partial charge in [-0.25, -0.2) is 0 Å². The van der Waals surface area contributed by atoms with Crippen LogP contribution in [0, 0.1) is 0 Å². The van der Waals surface area contributed by atoms with Crippen LogP contribution in [-0.4, -0.2) is 16.8 Å². The van der Waals surface area contributed by atoms with Crippen LogP contribution in [0.2, 0.25) is 0 Å². The number of ether oxygens (including phenoxy) is 1. The number of aromatic nitrogens is 1. The van der Waals surface area contributed by atoms with Crippen LogP contribution in [0.5, 0.6) is 5.75 Å².